The molecule has 1 amide bonds. The molecule has 2 aromatic rings. The third-order valence-corrected chi connectivity index (χ3v) is 4.80. The van der Waals surface area contributed by atoms with Crippen molar-refractivity contribution in [3.63, 3.8) is 0 Å². The molecule has 0 radical (unpaired) electrons. The average molecular weight is 350 g/mol. The lowest BCUT2D eigenvalue weighted by atomic mass is 10.1. The summed E-state index contributed by atoms with van der Waals surface area (Å²) in [6.45, 7) is 4.27. The van der Waals surface area contributed by atoms with E-state index in [-0.39, 0.29) is 11.7 Å². The summed E-state index contributed by atoms with van der Waals surface area (Å²) in [4.78, 5) is 16.7. The van der Waals surface area contributed by atoms with Crippen molar-refractivity contribution < 1.29 is 9.90 Å². The Morgan fingerprint density at radius 1 is 0.962 bits per heavy atom. The van der Waals surface area contributed by atoms with Crippen LogP contribution in [0.3, 0.4) is 0 Å². The molecular formula is C22H26N2O2. The normalized spacial score (nSPS) is 15.5. The molecule has 3 rings (SSSR count). The number of hydrogen-bond donors (Lipinski definition) is 1. The molecular weight excluding hydrogens is 324 g/mol. The molecule has 4 heteroatoms. The third-order valence-electron chi connectivity index (χ3n) is 4.80. The van der Waals surface area contributed by atoms with E-state index in [0.717, 1.165) is 38.3 Å². The number of piperazine rings is 1. The van der Waals surface area contributed by atoms with Crippen LogP contribution in [0.15, 0.2) is 60.7 Å². The van der Waals surface area contributed by atoms with Crippen LogP contribution in [0.4, 0.5) is 0 Å². The molecule has 1 aliphatic rings. The van der Waals surface area contributed by atoms with E-state index in [4.69, 9.17) is 0 Å². The number of hydrogen-bond acceptors (Lipinski definition) is 3. The number of amides is 1. The van der Waals surface area contributed by atoms with Crippen molar-refractivity contribution in [1.82, 2.24) is 9.80 Å². The fraction of sp³-hybridized carbons (Fsp3) is 0.318. The highest BCUT2D eigenvalue weighted by molar-refractivity contribution is 5.76. The zero-order valence-electron chi connectivity index (χ0n) is 15.1. The van der Waals surface area contributed by atoms with Crippen LogP contribution < -0.4 is 0 Å². The van der Waals surface area contributed by atoms with Gasteiger partial charge in [0.15, 0.2) is 0 Å². The predicted octanol–water partition coefficient (Wildman–Crippen LogP) is 3.18. The number of benzene rings is 2. The van der Waals surface area contributed by atoms with Gasteiger partial charge in [0, 0.05) is 39.1 Å². The van der Waals surface area contributed by atoms with Gasteiger partial charge < -0.3 is 10.0 Å². The first-order valence-electron chi connectivity index (χ1n) is 9.21. The van der Waals surface area contributed by atoms with Crippen LogP contribution in [0.2, 0.25) is 0 Å². The summed E-state index contributed by atoms with van der Waals surface area (Å²) in [5, 5.41) is 9.80. The molecule has 0 bridgehead atoms. The summed E-state index contributed by atoms with van der Waals surface area (Å²) in [7, 11) is 0. The van der Waals surface area contributed by atoms with Gasteiger partial charge in [0.1, 0.15) is 5.75 Å². The molecule has 1 aliphatic heterocycles. The Labute approximate surface area is 155 Å². The molecule has 1 heterocycles. The number of carbonyl (C=O) groups is 1. The van der Waals surface area contributed by atoms with Crippen molar-refractivity contribution in [3.8, 4) is 5.75 Å². The van der Waals surface area contributed by atoms with Crippen LogP contribution in [0, 0.1) is 0 Å². The summed E-state index contributed by atoms with van der Waals surface area (Å²) >= 11 is 0. The lowest BCUT2D eigenvalue weighted by molar-refractivity contribution is -0.132. The Kier molecular flexibility index (Phi) is 6.45. The molecule has 0 atom stereocenters. The molecule has 26 heavy (non-hydrogen) atoms. The highest BCUT2D eigenvalue weighted by Crippen LogP contribution is 2.18. The van der Waals surface area contributed by atoms with E-state index in [0.29, 0.717) is 12.8 Å². The van der Waals surface area contributed by atoms with Gasteiger partial charge in [-0.1, -0.05) is 60.7 Å². The fourth-order valence-corrected chi connectivity index (χ4v) is 3.20. The van der Waals surface area contributed by atoms with Crippen LogP contribution in [0.25, 0.3) is 6.08 Å². The molecule has 0 aromatic heterocycles. The fourth-order valence-electron chi connectivity index (χ4n) is 3.20. The number of phenolic OH excluding ortho intramolecular Hbond substituents is 1. The summed E-state index contributed by atoms with van der Waals surface area (Å²) in [5.74, 6) is 0.447. The Hall–Kier alpha value is -2.59. The minimum atomic E-state index is 0.174. The number of aryl methyl sites for hydroxylation is 1. The number of phenols is 1. The average Bonchev–Trinajstić information content (AvgIpc) is 2.68. The van der Waals surface area contributed by atoms with Crippen LogP contribution in [0.1, 0.15) is 17.5 Å². The molecule has 1 fully saturated rings. The van der Waals surface area contributed by atoms with Crippen molar-refractivity contribution in [2.75, 3.05) is 32.7 Å². The van der Waals surface area contributed by atoms with Crippen LogP contribution in [-0.2, 0) is 11.2 Å². The summed E-state index contributed by atoms with van der Waals surface area (Å²) < 4.78 is 0. The van der Waals surface area contributed by atoms with Crippen molar-refractivity contribution in [1.29, 1.82) is 0 Å². The summed E-state index contributed by atoms with van der Waals surface area (Å²) in [5.41, 5.74) is 2.05. The minimum absolute atomic E-state index is 0.174. The van der Waals surface area contributed by atoms with Crippen LogP contribution in [-0.4, -0.2) is 53.5 Å². The van der Waals surface area contributed by atoms with Gasteiger partial charge in [-0.15, -0.1) is 0 Å². The molecule has 4 nitrogen and oxygen atoms in total. The SMILES string of the molecule is O=C(CCc1ccccc1O)N1CCN(C/C=C/c2ccccc2)CC1. The lowest BCUT2D eigenvalue weighted by Gasteiger charge is -2.34. The molecule has 0 unspecified atom stereocenters. The summed E-state index contributed by atoms with van der Waals surface area (Å²) in [6, 6.07) is 17.5. The van der Waals surface area contributed by atoms with Gasteiger partial charge in [-0.05, 0) is 23.6 Å². The summed E-state index contributed by atoms with van der Waals surface area (Å²) in [6.07, 6.45) is 5.37. The van der Waals surface area contributed by atoms with E-state index in [2.05, 4.69) is 29.2 Å². The highest BCUT2D eigenvalue weighted by atomic mass is 16.3. The highest BCUT2D eigenvalue weighted by Gasteiger charge is 2.20. The van der Waals surface area contributed by atoms with Gasteiger partial charge in [0.25, 0.3) is 0 Å². The topological polar surface area (TPSA) is 43.8 Å². The second kappa shape index (κ2) is 9.20. The van der Waals surface area contributed by atoms with Crippen molar-refractivity contribution in [2.45, 2.75) is 12.8 Å². The maximum absolute atomic E-state index is 12.4. The Balaban J connectivity index is 1.39. The van der Waals surface area contributed by atoms with E-state index >= 15 is 0 Å². The number of nitrogens with zero attached hydrogens (tertiary/aromatic N) is 2. The number of rotatable bonds is 6. The minimum Gasteiger partial charge on any atom is -0.508 e. The lowest BCUT2D eigenvalue weighted by Crippen LogP contribution is -2.48. The van der Waals surface area contributed by atoms with Crippen molar-refractivity contribution >= 4 is 12.0 Å². The molecule has 136 valence electrons. The standard InChI is InChI=1S/C22H26N2O2/c25-21-11-5-4-10-20(21)12-13-22(26)24-17-15-23(16-18-24)14-6-9-19-7-2-1-3-8-19/h1-11,25H,12-18H2/b9-6+. The van der Waals surface area contributed by atoms with E-state index in [9.17, 15) is 9.90 Å². The number of aromatic hydroxyl groups is 1. The second-order valence-corrected chi connectivity index (χ2v) is 6.62. The van der Waals surface area contributed by atoms with Gasteiger partial charge in [0.05, 0.1) is 0 Å². The Bertz CT molecular complexity index is 735. The first-order chi connectivity index (χ1) is 12.7. The van der Waals surface area contributed by atoms with Gasteiger partial charge in [-0.2, -0.15) is 0 Å². The molecule has 2 aromatic carbocycles. The maximum atomic E-state index is 12.4. The Morgan fingerprint density at radius 3 is 2.38 bits per heavy atom. The molecule has 0 aliphatic carbocycles. The number of carbonyl (C=O) groups excluding carboxylic acids is 1. The van der Waals surface area contributed by atoms with Gasteiger partial charge in [-0.3, -0.25) is 9.69 Å². The van der Waals surface area contributed by atoms with Crippen molar-refractivity contribution in [3.05, 3.63) is 71.8 Å². The van der Waals surface area contributed by atoms with Gasteiger partial charge >= 0.3 is 0 Å². The zero-order valence-corrected chi connectivity index (χ0v) is 15.1. The molecule has 0 saturated carbocycles. The van der Waals surface area contributed by atoms with E-state index in [1.807, 2.05) is 35.2 Å². The quantitative estimate of drug-likeness (QED) is 0.870. The van der Waals surface area contributed by atoms with Gasteiger partial charge in [0.2, 0.25) is 5.91 Å². The molecule has 1 N–H and O–H groups in total. The van der Waals surface area contributed by atoms with Crippen LogP contribution in [0.5, 0.6) is 5.75 Å². The van der Waals surface area contributed by atoms with E-state index < -0.39 is 0 Å². The first-order valence-corrected chi connectivity index (χ1v) is 9.21. The van der Waals surface area contributed by atoms with E-state index in [1.54, 1.807) is 12.1 Å². The zero-order chi connectivity index (χ0) is 18.2. The first kappa shape index (κ1) is 18.2. The maximum Gasteiger partial charge on any atom is 0.222 e. The molecule has 0 spiro atoms. The second-order valence-electron chi connectivity index (χ2n) is 6.62. The molecule has 1 saturated heterocycles. The third kappa shape index (κ3) is 5.20. The number of para-hydroxylation sites is 1. The smallest absolute Gasteiger partial charge is 0.222 e. The monoisotopic (exact) mass is 350 g/mol. The van der Waals surface area contributed by atoms with Crippen molar-refractivity contribution in [2.24, 2.45) is 0 Å². The van der Waals surface area contributed by atoms with Crippen LogP contribution >= 0.6 is 0 Å². The Morgan fingerprint density at radius 2 is 1.65 bits per heavy atom. The van der Waals surface area contributed by atoms with Gasteiger partial charge in [-0.25, -0.2) is 0 Å². The largest absolute Gasteiger partial charge is 0.508 e. The van der Waals surface area contributed by atoms with E-state index in [1.165, 1.54) is 5.56 Å². The predicted molar refractivity (Wildman–Crippen MR) is 105 cm³/mol.